The fraction of sp³-hybridized carbons (Fsp3) is 0.379. The average molecular weight is 539 g/mol. The van der Waals surface area contributed by atoms with E-state index in [0.29, 0.717) is 52.9 Å². The van der Waals surface area contributed by atoms with Crippen molar-refractivity contribution in [2.45, 2.75) is 45.6 Å². The van der Waals surface area contributed by atoms with Gasteiger partial charge in [0.1, 0.15) is 11.5 Å². The summed E-state index contributed by atoms with van der Waals surface area (Å²) in [5, 5.41) is 10.2. The second kappa shape index (κ2) is 13.3. The minimum absolute atomic E-state index is 0.335. The second-order valence-electron chi connectivity index (χ2n) is 9.47. The molecule has 0 aliphatic carbocycles. The zero-order chi connectivity index (χ0) is 26.9. The molecule has 1 aromatic heterocycles. The number of hydrogen-bond acceptors (Lipinski definition) is 6. The normalized spacial score (nSPS) is 15.0. The second-order valence-corrected chi connectivity index (χ2v) is 9.88. The van der Waals surface area contributed by atoms with Crippen LogP contribution in [0, 0.1) is 0 Å². The van der Waals surface area contributed by atoms with E-state index in [2.05, 4.69) is 20.9 Å². The van der Waals surface area contributed by atoms with Gasteiger partial charge in [0.15, 0.2) is 11.5 Å². The zero-order valence-electron chi connectivity index (χ0n) is 22.1. The Morgan fingerprint density at radius 2 is 2.03 bits per heavy atom. The Hall–Kier alpha value is -3.49. The van der Waals surface area contributed by atoms with Gasteiger partial charge in [0.05, 0.1) is 29.9 Å². The van der Waals surface area contributed by atoms with Crippen LogP contribution in [0.4, 0.5) is 10.5 Å². The van der Waals surface area contributed by atoms with E-state index in [1.54, 1.807) is 37.6 Å². The molecule has 0 spiro atoms. The molecule has 2 heterocycles. The van der Waals surface area contributed by atoms with Gasteiger partial charge in [-0.3, -0.25) is 4.98 Å². The first-order valence-corrected chi connectivity index (χ1v) is 13.3. The van der Waals surface area contributed by atoms with E-state index in [1.807, 2.05) is 32.1 Å². The summed E-state index contributed by atoms with van der Waals surface area (Å²) in [5.41, 5.74) is 2.34. The van der Waals surface area contributed by atoms with E-state index in [9.17, 15) is 4.79 Å². The molecule has 2 aromatic carbocycles. The molecule has 2 amide bonds. The highest BCUT2D eigenvalue weighted by Crippen LogP contribution is 2.38. The molecule has 1 aliphatic rings. The lowest BCUT2D eigenvalue weighted by Gasteiger charge is -2.23. The molecule has 1 aliphatic heterocycles. The SMILES string of the molecule is COc1cc2c(Oc3ccc(NC(=O)NCC=C(C)C)c(Cl)c3)ccnc2cc1OCCC1CCCCN1. The van der Waals surface area contributed by atoms with Crippen molar-refractivity contribution in [1.29, 1.82) is 0 Å². The van der Waals surface area contributed by atoms with Crippen LogP contribution < -0.4 is 30.2 Å². The molecule has 8 nitrogen and oxygen atoms in total. The predicted octanol–water partition coefficient (Wildman–Crippen LogP) is 6.69. The van der Waals surface area contributed by atoms with Crippen LogP contribution >= 0.6 is 11.6 Å². The number of carbonyl (C=O) groups excluding carboxylic acids is 1. The highest BCUT2D eigenvalue weighted by atomic mass is 35.5. The lowest BCUT2D eigenvalue weighted by atomic mass is 10.0. The smallest absolute Gasteiger partial charge is 0.319 e. The van der Waals surface area contributed by atoms with Gasteiger partial charge in [-0.15, -0.1) is 0 Å². The average Bonchev–Trinajstić information content (AvgIpc) is 2.90. The van der Waals surface area contributed by atoms with Crippen LogP contribution in [-0.2, 0) is 0 Å². The summed E-state index contributed by atoms with van der Waals surface area (Å²) in [5.74, 6) is 2.39. The summed E-state index contributed by atoms with van der Waals surface area (Å²) in [6.07, 6.45) is 8.25. The molecule has 1 saturated heterocycles. The molecular formula is C29H35ClN4O4. The number of rotatable bonds is 10. The molecule has 0 saturated carbocycles. The van der Waals surface area contributed by atoms with Gasteiger partial charge in [-0.2, -0.15) is 0 Å². The first-order chi connectivity index (χ1) is 18.4. The summed E-state index contributed by atoms with van der Waals surface area (Å²) in [7, 11) is 1.62. The van der Waals surface area contributed by atoms with E-state index < -0.39 is 0 Å². The van der Waals surface area contributed by atoms with E-state index in [1.165, 1.54) is 19.3 Å². The third kappa shape index (κ3) is 7.52. The number of aromatic nitrogens is 1. The monoisotopic (exact) mass is 538 g/mol. The number of anilines is 1. The number of amides is 2. The fourth-order valence-electron chi connectivity index (χ4n) is 4.27. The third-order valence-corrected chi connectivity index (χ3v) is 6.63. The molecule has 1 atom stereocenters. The van der Waals surface area contributed by atoms with Gasteiger partial charge < -0.3 is 30.2 Å². The maximum Gasteiger partial charge on any atom is 0.319 e. The molecule has 3 N–H and O–H groups in total. The van der Waals surface area contributed by atoms with Crippen molar-refractivity contribution in [2.75, 3.05) is 32.1 Å². The molecule has 9 heteroatoms. The van der Waals surface area contributed by atoms with Crippen LogP contribution in [0.2, 0.25) is 5.02 Å². The number of allylic oxidation sites excluding steroid dienone is 1. The van der Waals surface area contributed by atoms with Crippen molar-refractivity contribution in [2.24, 2.45) is 0 Å². The van der Waals surface area contributed by atoms with Crippen LogP contribution in [0.3, 0.4) is 0 Å². The summed E-state index contributed by atoms with van der Waals surface area (Å²) in [4.78, 5) is 16.6. The number of halogens is 1. The molecule has 3 aromatic rings. The van der Waals surface area contributed by atoms with E-state index in [0.717, 1.165) is 29.4 Å². The van der Waals surface area contributed by atoms with Gasteiger partial charge in [-0.1, -0.05) is 29.7 Å². The van der Waals surface area contributed by atoms with Crippen LogP contribution in [-0.4, -0.2) is 43.9 Å². The Balaban J connectivity index is 1.44. The maximum absolute atomic E-state index is 12.1. The standard InChI is InChI=1S/C29H35ClN4O4/c1-19(2)9-13-33-29(35)34-24-8-7-21(16-23(24)30)38-26-10-14-32-25-18-28(27(36-3)17-22(25)26)37-15-11-20-6-4-5-12-31-20/h7-10,14,16-18,20,31H,4-6,11-13,15H2,1-3H3,(H2,33,34,35). The van der Waals surface area contributed by atoms with E-state index in [4.69, 9.17) is 25.8 Å². The number of piperidine rings is 1. The van der Waals surface area contributed by atoms with Crippen LogP contribution in [0.25, 0.3) is 10.9 Å². The van der Waals surface area contributed by atoms with Crippen molar-refractivity contribution >= 4 is 34.2 Å². The molecule has 0 bridgehead atoms. The van der Waals surface area contributed by atoms with Gasteiger partial charge in [0.25, 0.3) is 0 Å². The number of hydrogen-bond donors (Lipinski definition) is 3. The summed E-state index contributed by atoms with van der Waals surface area (Å²) in [6.45, 7) is 6.06. The van der Waals surface area contributed by atoms with Crippen molar-refractivity contribution in [1.82, 2.24) is 15.6 Å². The van der Waals surface area contributed by atoms with Gasteiger partial charge in [0, 0.05) is 36.3 Å². The third-order valence-electron chi connectivity index (χ3n) is 6.31. The van der Waals surface area contributed by atoms with Crippen LogP contribution in [0.5, 0.6) is 23.0 Å². The first kappa shape index (κ1) is 27.5. The maximum atomic E-state index is 12.1. The quantitative estimate of drug-likeness (QED) is 0.249. The van der Waals surface area contributed by atoms with Gasteiger partial charge in [-0.05, 0) is 63.9 Å². The topological polar surface area (TPSA) is 93.7 Å². The number of carbonyl (C=O) groups is 1. The molecule has 0 radical (unpaired) electrons. The molecule has 38 heavy (non-hydrogen) atoms. The van der Waals surface area contributed by atoms with Crippen molar-refractivity contribution in [3.63, 3.8) is 0 Å². The van der Waals surface area contributed by atoms with Gasteiger partial charge >= 0.3 is 6.03 Å². The van der Waals surface area contributed by atoms with Crippen LogP contribution in [0.15, 0.2) is 54.2 Å². The Labute approximate surface area is 228 Å². The van der Waals surface area contributed by atoms with E-state index >= 15 is 0 Å². The van der Waals surface area contributed by atoms with Gasteiger partial charge in [-0.25, -0.2) is 4.79 Å². The van der Waals surface area contributed by atoms with Gasteiger partial charge in [0.2, 0.25) is 0 Å². The molecular weight excluding hydrogens is 504 g/mol. The summed E-state index contributed by atoms with van der Waals surface area (Å²) < 4.78 is 17.9. The Kier molecular flexibility index (Phi) is 9.67. The van der Waals surface area contributed by atoms with Crippen molar-refractivity contribution in [3.05, 3.63) is 59.3 Å². The largest absolute Gasteiger partial charge is 0.493 e. The number of fused-ring (bicyclic) bond motifs is 1. The fourth-order valence-corrected chi connectivity index (χ4v) is 4.49. The lowest BCUT2D eigenvalue weighted by molar-refractivity contribution is 0.253. The summed E-state index contributed by atoms with van der Waals surface area (Å²) in [6, 6.07) is 10.8. The highest BCUT2D eigenvalue weighted by molar-refractivity contribution is 6.33. The lowest BCUT2D eigenvalue weighted by Crippen LogP contribution is -2.35. The number of benzene rings is 2. The van der Waals surface area contributed by atoms with Crippen molar-refractivity contribution < 1.29 is 19.0 Å². The van der Waals surface area contributed by atoms with E-state index in [-0.39, 0.29) is 6.03 Å². The van der Waals surface area contributed by atoms with Crippen LogP contribution in [0.1, 0.15) is 39.5 Å². The number of pyridine rings is 1. The Morgan fingerprint density at radius 1 is 1.16 bits per heavy atom. The number of urea groups is 1. The number of nitrogens with zero attached hydrogens (tertiary/aromatic N) is 1. The Bertz CT molecular complexity index is 1290. The highest BCUT2D eigenvalue weighted by Gasteiger charge is 2.15. The minimum Gasteiger partial charge on any atom is -0.493 e. The number of methoxy groups -OCH3 is 1. The van der Waals surface area contributed by atoms with Crippen molar-refractivity contribution in [3.8, 4) is 23.0 Å². The number of nitrogens with one attached hydrogen (secondary N) is 3. The Morgan fingerprint density at radius 3 is 2.76 bits per heavy atom. The number of ether oxygens (including phenoxy) is 3. The molecule has 4 rings (SSSR count). The minimum atomic E-state index is -0.335. The zero-order valence-corrected chi connectivity index (χ0v) is 22.9. The predicted molar refractivity (Wildman–Crippen MR) is 152 cm³/mol. The molecule has 202 valence electrons. The first-order valence-electron chi connectivity index (χ1n) is 12.9. The molecule has 1 fully saturated rings. The summed E-state index contributed by atoms with van der Waals surface area (Å²) >= 11 is 6.43. The molecule has 1 unspecified atom stereocenters.